The first-order chi connectivity index (χ1) is 19.9. The van der Waals surface area contributed by atoms with Crippen LogP contribution in [0.5, 0.6) is 0 Å². The van der Waals surface area contributed by atoms with Gasteiger partial charge in [0.25, 0.3) is 5.56 Å². The average molecular weight is 553 g/mol. The van der Waals surface area contributed by atoms with E-state index >= 15 is 0 Å². The number of piperazine rings is 1. The summed E-state index contributed by atoms with van der Waals surface area (Å²) in [5, 5.41) is 0. The molecule has 0 radical (unpaired) electrons. The molecule has 0 spiro atoms. The summed E-state index contributed by atoms with van der Waals surface area (Å²) < 4.78 is 18.0. The summed E-state index contributed by atoms with van der Waals surface area (Å²) in [6, 6.07) is 27.6. The Kier molecular flexibility index (Phi) is 7.38. The summed E-state index contributed by atoms with van der Waals surface area (Å²) in [6.07, 6.45) is 0. The number of fused-ring (bicyclic) bond motifs is 1. The van der Waals surface area contributed by atoms with Crippen LogP contribution < -0.4 is 11.2 Å². The second-order valence-electron chi connectivity index (χ2n) is 10.7. The maximum Gasteiger partial charge on any atom is 0.332 e. The quantitative estimate of drug-likeness (QED) is 0.309. The molecule has 5 aromatic rings. The van der Waals surface area contributed by atoms with Crippen LogP contribution in [0, 0.1) is 5.82 Å². The third-order valence-corrected chi connectivity index (χ3v) is 8.05. The van der Waals surface area contributed by atoms with Gasteiger partial charge >= 0.3 is 5.69 Å². The SMILES string of the molecule is Cn1c(=O)c2c(nc(CN3CCN(C(c4ccccc4)c4ccccc4)CC3)n2Cc2ccc(F)cc2)n(C)c1=O. The number of imidazole rings is 1. The van der Waals surface area contributed by atoms with E-state index in [0.29, 0.717) is 30.1 Å². The molecule has 8 nitrogen and oxygen atoms in total. The van der Waals surface area contributed by atoms with Crippen molar-refractivity contribution in [2.75, 3.05) is 26.2 Å². The lowest BCUT2D eigenvalue weighted by Gasteiger charge is -2.39. The summed E-state index contributed by atoms with van der Waals surface area (Å²) in [5.74, 6) is 0.392. The van der Waals surface area contributed by atoms with E-state index in [-0.39, 0.29) is 17.4 Å². The maximum atomic E-state index is 13.6. The van der Waals surface area contributed by atoms with E-state index in [2.05, 4.69) is 58.3 Å². The molecule has 0 aliphatic carbocycles. The topological polar surface area (TPSA) is 68.3 Å². The molecule has 6 rings (SSSR count). The molecule has 1 fully saturated rings. The number of halogens is 1. The Hall–Kier alpha value is -4.34. The first-order valence-corrected chi connectivity index (χ1v) is 13.9. The van der Waals surface area contributed by atoms with Crippen molar-refractivity contribution in [3.8, 4) is 0 Å². The van der Waals surface area contributed by atoms with Gasteiger partial charge in [-0.3, -0.25) is 23.7 Å². The van der Waals surface area contributed by atoms with Gasteiger partial charge in [0.2, 0.25) is 0 Å². The van der Waals surface area contributed by atoms with Gasteiger partial charge in [0.05, 0.1) is 12.6 Å². The molecule has 41 heavy (non-hydrogen) atoms. The van der Waals surface area contributed by atoms with Crippen LogP contribution in [-0.4, -0.2) is 54.7 Å². The second-order valence-corrected chi connectivity index (χ2v) is 10.7. The second kappa shape index (κ2) is 11.3. The fourth-order valence-corrected chi connectivity index (χ4v) is 5.82. The highest BCUT2D eigenvalue weighted by Crippen LogP contribution is 2.29. The molecule has 2 aromatic heterocycles. The van der Waals surface area contributed by atoms with Crippen molar-refractivity contribution in [2.45, 2.75) is 19.1 Å². The number of benzene rings is 3. The van der Waals surface area contributed by atoms with Gasteiger partial charge in [0, 0.05) is 46.8 Å². The minimum Gasteiger partial charge on any atom is -0.317 e. The highest BCUT2D eigenvalue weighted by molar-refractivity contribution is 5.71. The Labute approximate surface area is 237 Å². The minimum absolute atomic E-state index is 0.167. The van der Waals surface area contributed by atoms with E-state index in [1.807, 2.05) is 16.7 Å². The van der Waals surface area contributed by atoms with E-state index in [9.17, 15) is 14.0 Å². The molecule has 1 saturated heterocycles. The van der Waals surface area contributed by atoms with E-state index in [0.717, 1.165) is 36.3 Å². The fourth-order valence-electron chi connectivity index (χ4n) is 5.82. The summed E-state index contributed by atoms with van der Waals surface area (Å²) in [5.41, 5.74) is 3.32. The summed E-state index contributed by atoms with van der Waals surface area (Å²) in [4.78, 5) is 35.6. The van der Waals surface area contributed by atoms with Crippen molar-refractivity contribution in [1.82, 2.24) is 28.5 Å². The van der Waals surface area contributed by atoms with E-state index in [1.54, 1.807) is 19.2 Å². The Morgan fingerprint density at radius 3 is 1.93 bits per heavy atom. The lowest BCUT2D eigenvalue weighted by molar-refractivity contribution is 0.102. The lowest BCUT2D eigenvalue weighted by atomic mass is 9.96. The summed E-state index contributed by atoms with van der Waals surface area (Å²) in [7, 11) is 3.11. The van der Waals surface area contributed by atoms with Gasteiger partial charge < -0.3 is 4.57 Å². The minimum atomic E-state index is -0.415. The molecule has 0 N–H and O–H groups in total. The van der Waals surface area contributed by atoms with Gasteiger partial charge in [-0.25, -0.2) is 14.2 Å². The molecule has 0 bridgehead atoms. The molecule has 1 aliphatic rings. The number of hydrogen-bond acceptors (Lipinski definition) is 5. The van der Waals surface area contributed by atoms with Gasteiger partial charge in [-0.15, -0.1) is 0 Å². The Bertz CT molecular complexity index is 1730. The third kappa shape index (κ3) is 5.26. The first-order valence-electron chi connectivity index (χ1n) is 13.9. The van der Waals surface area contributed by atoms with Crippen LogP contribution in [-0.2, 0) is 27.2 Å². The molecular weight excluding hydrogens is 519 g/mol. The summed E-state index contributed by atoms with van der Waals surface area (Å²) >= 11 is 0. The molecule has 3 heterocycles. The normalized spacial score (nSPS) is 14.7. The van der Waals surface area contributed by atoms with Crippen molar-refractivity contribution in [1.29, 1.82) is 0 Å². The zero-order valence-corrected chi connectivity index (χ0v) is 23.3. The Morgan fingerprint density at radius 2 is 1.34 bits per heavy atom. The zero-order valence-electron chi connectivity index (χ0n) is 23.3. The molecule has 1 aliphatic heterocycles. The van der Waals surface area contributed by atoms with E-state index in [1.165, 1.54) is 34.9 Å². The molecule has 0 unspecified atom stereocenters. The molecule has 3 aromatic carbocycles. The van der Waals surface area contributed by atoms with Crippen molar-refractivity contribution in [3.63, 3.8) is 0 Å². The van der Waals surface area contributed by atoms with Crippen LogP contribution in [0.4, 0.5) is 4.39 Å². The van der Waals surface area contributed by atoms with Gasteiger partial charge in [-0.05, 0) is 28.8 Å². The predicted octanol–water partition coefficient (Wildman–Crippen LogP) is 3.53. The van der Waals surface area contributed by atoms with Crippen molar-refractivity contribution >= 4 is 11.2 Å². The standard InChI is InChI=1S/C32H33FN6O2/c1-35-30-29(31(40)36(2)32(35)41)39(21-23-13-15-26(33)16-14-23)27(34-30)22-37-17-19-38(20-18-37)28(24-9-5-3-6-10-24)25-11-7-4-8-12-25/h3-16,28H,17-22H2,1-2H3. The summed E-state index contributed by atoms with van der Waals surface area (Å²) in [6.45, 7) is 4.27. The average Bonchev–Trinajstić information content (AvgIpc) is 3.35. The van der Waals surface area contributed by atoms with Crippen molar-refractivity contribution in [3.05, 3.63) is 134 Å². The number of rotatable bonds is 7. The number of hydrogen-bond donors (Lipinski definition) is 0. The molecule has 210 valence electrons. The first kappa shape index (κ1) is 26.9. The van der Waals surface area contributed by atoms with Gasteiger partial charge in [0.15, 0.2) is 11.2 Å². The largest absolute Gasteiger partial charge is 0.332 e. The van der Waals surface area contributed by atoms with Crippen LogP contribution in [0.3, 0.4) is 0 Å². The lowest BCUT2D eigenvalue weighted by Crippen LogP contribution is -2.47. The van der Waals surface area contributed by atoms with Crippen molar-refractivity contribution in [2.24, 2.45) is 14.1 Å². The van der Waals surface area contributed by atoms with Crippen LogP contribution in [0.1, 0.15) is 28.6 Å². The smallest absolute Gasteiger partial charge is 0.317 e. The Balaban J connectivity index is 1.29. The van der Waals surface area contributed by atoms with Gasteiger partial charge in [-0.2, -0.15) is 0 Å². The van der Waals surface area contributed by atoms with Gasteiger partial charge in [0.1, 0.15) is 11.6 Å². The van der Waals surface area contributed by atoms with Crippen LogP contribution in [0.2, 0.25) is 0 Å². The molecule has 0 atom stereocenters. The monoisotopic (exact) mass is 552 g/mol. The number of nitrogens with zero attached hydrogens (tertiary/aromatic N) is 6. The number of aryl methyl sites for hydroxylation is 1. The van der Waals surface area contributed by atoms with E-state index < -0.39 is 5.69 Å². The fraction of sp³-hybridized carbons (Fsp3) is 0.281. The predicted molar refractivity (Wildman–Crippen MR) is 157 cm³/mol. The molecular formula is C32H33FN6O2. The maximum absolute atomic E-state index is 13.6. The zero-order chi connectivity index (χ0) is 28.5. The van der Waals surface area contributed by atoms with E-state index in [4.69, 9.17) is 4.98 Å². The van der Waals surface area contributed by atoms with Crippen LogP contribution in [0.15, 0.2) is 94.5 Å². The van der Waals surface area contributed by atoms with Crippen molar-refractivity contribution < 1.29 is 4.39 Å². The number of aromatic nitrogens is 4. The molecule has 0 saturated carbocycles. The van der Waals surface area contributed by atoms with Crippen LogP contribution in [0.25, 0.3) is 11.2 Å². The highest BCUT2D eigenvalue weighted by Gasteiger charge is 2.28. The van der Waals surface area contributed by atoms with Crippen LogP contribution >= 0.6 is 0 Å². The molecule has 0 amide bonds. The third-order valence-electron chi connectivity index (χ3n) is 8.05. The highest BCUT2D eigenvalue weighted by atomic mass is 19.1. The Morgan fingerprint density at radius 1 is 0.756 bits per heavy atom. The van der Waals surface area contributed by atoms with Gasteiger partial charge in [-0.1, -0.05) is 72.8 Å². The molecule has 9 heteroatoms.